The molecule has 0 spiro atoms. The van der Waals surface area contributed by atoms with Gasteiger partial charge < -0.3 is 9.47 Å². The van der Waals surface area contributed by atoms with E-state index in [0.29, 0.717) is 12.4 Å². The molecule has 0 amide bonds. The number of Topliss-reactive ketones (excluding diaryl/α,β-unsaturated/α-hetero) is 1. The predicted octanol–water partition coefficient (Wildman–Crippen LogP) is 4.75. The van der Waals surface area contributed by atoms with Crippen LogP contribution in [0.25, 0.3) is 0 Å². The third-order valence-corrected chi connectivity index (χ3v) is 4.08. The van der Waals surface area contributed by atoms with E-state index in [1.54, 1.807) is 24.3 Å². The average molecular weight is 378 g/mol. The fourth-order valence-electron chi connectivity index (χ4n) is 2.65. The highest BCUT2D eigenvalue weighted by molar-refractivity contribution is 5.99. The molecule has 0 atom stereocenters. The maximum absolute atomic E-state index is 12.9. The predicted molar refractivity (Wildman–Crippen MR) is 103 cm³/mol. The normalized spacial score (nSPS) is 10.4. The lowest BCUT2D eigenvalue weighted by Gasteiger charge is -2.11. The third-order valence-electron chi connectivity index (χ3n) is 4.08. The van der Waals surface area contributed by atoms with Gasteiger partial charge in [-0.1, -0.05) is 42.0 Å². The summed E-state index contributed by atoms with van der Waals surface area (Å²) in [5.41, 5.74) is 2.61. The summed E-state index contributed by atoms with van der Waals surface area (Å²) in [6.45, 7) is 1.87. The third kappa shape index (κ3) is 5.04. The second-order valence-corrected chi connectivity index (χ2v) is 6.28. The van der Waals surface area contributed by atoms with Gasteiger partial charge in [0.05, 0.1) is 0 Å². The number of aryl methyl sites for hydroxylation is 1. The molecule has 0 unspecified atom stereocenters. The van der Waals surface area contributed by atoms with Crippen molar-refractivity contribution in [3.8, 4) is 5.75 Å². The second-order valence-electron chi connectivity index (χ2n) is 6.28. The molecule has 0 saturated carbocycles. The van der Waals surface area contributed by atoms with Gasteiger partial charge in [0.1, 0.15) is 23.7 Å². The smallest absolute Gasteiger partial charge is 0.342 e. The molecular weight excluding hydrogens is 359 g/mol. The average Bonchev–Trinajstić information content (AvgIpc) is 2.71. The molecule has 142 valence electrons. The first-order valence-electron chi connectivity index (χ1n) is 8.76. The second kappa shape index (κ2) is 8.95. The summed E-state index contributed by atoms with van der Waals surface area (Å²) in [5.74, 6) is -1.13. The maximum atomic E-state index is 12.9. The van der Waals surface area contributed by atoms with E-state index in [1.165, 1.54) is 24.3 Å². The zero-order valence-electron chi connectivity index (χ0n) is 15.4. The Bertz CT molecular complexity index is 980. The van der Waals surface area contributed by atoms with Gasteiger partial charge in [0.25, 0.3) is 0 Å². The lowest BCUT2D eigenvalue weighted by Crippen LogP contribution is -2.15. The van der Waals surface area contributed by atoms with Crippen molar-refractivity contribution < 1.29 is 23.5 Å². The number of carbonyl (C=O) groups excluding carboxylic acids is 2. The largest absolute Gasteiger partial charge is 0.488 e. The molecule has 0 N–H and O–H groups in total. The molecule has 0 aliphatic heterocycles. The highest BCUT2D eigenvalue weighted by Gasteiger charge is 2.16. The van der Waals surface area contributed by atoms with E-state index in [2.05, 4.69) is 0 Å². The molecule has 4 nitrogen and oxygen atoms in total. The maximum Gasteiger partial charge on any atom is 0.342 e. The number of ether oxygens (including phenoxy) is 2. The van der Waals surface area contributed by atoms with E-state index in [9.17, 15) is 14.0 Å². The van der Waals surface area contributed by atoms with Crippen molar-refractivity contribution in [2.75, 3.05) is 6.61 Å². The number of esters is 1. The Labute approximate surface area is 162 Å². The van der Waals surface area contributed by atoms with Crippen LogP contribution < -0.4 is 4.74 Å². The van der Waals surface area contributed by atoms with Crippen molar-refractivity contribution in [1.29, 1.82) is 0 Å². The molecule has 28 heavy (non-hydrogen) atoms. The van der Waals surface area contributed by atoms with E-state index in [0.717, 1.165) is 11.1 Å². The highest BCUT2D eigenvalue weighted by Crippen LogP contribution is 2.21. The van der Waals surface area contributed by atoms with Crippen LogP contribution in [-0.2, 0) is 11.3 Å². The molecule has 0 aromatic heterocycles. The quantitative estimate of drug-likeness (QED) is 0.440. The SMILES string of the molecule is Cc1cccc(COc2ccccc2C(=O)OCC(=O)c2ccc(F)cc2)c1. The van der Waals surface area contributed by atoms with Gasteiger partial charge in [0.15, 0.2) is 12.4 Å². The van der Waals surface area contributed by atoms with Gasteiger partial charge >= 0.3 is 5.97 Å². The van der Waals surface area contributed by atoms with Crippen LogP contribution in [0.3, 0.4) is 0 Å². The fraction of sp³-hybridized carbons (Fsp3) is 0.130. The van der Waals surface area contributed by atoms with E-state index < -0.39 is 24.2 Å². The minimum Gasteiger partial charge on any atom is -0.488 e. The van der Waals surface area contributed by atoms with E-state index in [1.807, 2.05) is 31.2 Å². The molecule has 0 radical (unpaired) electrons. The molecular formula is C23H19FO4. The highest BCUT2D eigenvalue weighted by atomic mass is 19.1. The van der Waals surface area contributed by atoms with Crippen molar-refractivity contribution in [3.63, 3.8) is 0 Å². The summed E-state index contributed by atoms with van der Waals surface area (Å²) in [5, 5.41) is 0. The molecule has 0 heterocycles. The Morgan fingerprint density at radius 2 is 1.68 bits per heavy atom. The van der Waals surface area contributed by atoms with Gasteiger partial charge in [-0.2, -0.15) is 0 Å². The van der Waals surface area contributed by atoms with Crippen LogP contribution >= 0.6 is 0 Å². The van der Waals surface area contributed by atoms with Gasteiger partial charge in [-0.25, -0.2) is 9.18 Å². The molecule has 3 aromatic rings. The molecule has 0 aliphatic rings. The van der Waals surface area contributed by atoms with Gasteiger partial charge in [0, 0.05) is 5.56 Å². The van der Waals surface area contributed by atoms with Crippen LogP contribution in [0, 0.1) is 12.7 Å². The van der Waals surface area contributed by atoms with Gasteiger partial charge in [-0.15, -0.1) is 0 Å². The lowest BCUT2D eigenvalue weighted by molar-refractivity contribution is 0.0470. The molecule has 3 rings (SSSR count). The van der Waals surface area contributed by atoms with Crippen LogP contribution in [0.5, 0.6) is 5.75 Å². The number of carbonyl (C=O) groups is 2. The monoisotopic (exact) mass is 378 g/mol. The number of hydrogen-bond donors (Lipinski definition) is 0. The van der Waals surface area contributed by atoms with Crippen molar-refractivity contribution in [2.45, 2.75) is 13.5 Å². The first-order chi connectivity index (χ1) is 13.5. The van der Waals surface area contributed by atoms with E-state index in [-0.39, 0.29) is 11.1 Å². The molecule has 3 aromatic carbocycles. The van der Waals surface area contributed by atoms with Gasteiger partial charge in [-0.05, 0) is 48.9 Å². The van der Waals surface area contributed by atoms with Crippen LogP contribution in [0.15, 0.2) is 72.8 Å². The topological polar surface area (TPSA) is 52.6 Å². The molecule has 0 saturated heterocycles. The van der Waals surface area contributed by atoms with E-state index >= 15 is 0 Å². The number of para-hydroxylation sites is 1. The first-order valence-corrected chi connectivity index (χ1v) is 8.76. The van der Waals surface area contributed by atoms with Crippen LogP contribution in [-0.4, -0.2) is 18.4 Å². The minimum absolute atomic E-state index is 0.238. The Hall–Kier alpha value is -3.47. The zero-order valence-corrected chi connectivity index (χ0v) is 15.4. The molecule has 0 aliphatic carbocycles. The van der Waals surface area contributed by atoms with Crippen molar-refractivity contribution in [2.24, 2.45) is 0 Å². The number of rotatable bonds is 7. The van der Waals surface area contributed by atoms with Gasteiger partial charge in [-0.3, -0.25) is 4.79 Å². The summed E-state index contributed by atoms with van der Waals surface area (Å²) >= 11 is 0. The summed E-state index contributed by atoms with van der Waals surface area (Å²) in [4.78, 5) is 24.5. The summed E-state index contributed by atoms with van der Waals surface area (Å²) in [7, 11) is 0. The molecule has 0 bridgehead atoms. The Balaban J connectivity index is 1.63. The number of benzene rings is 3. The van der Waals surface area contributed by atoms with Crippen molar-refractivity contribution in [1.82, 2.24) is 0 Å². The van der Waals surface area contributed by atoms with Crippen LogP contribution in [0.4, 0.5) is 4.39 Å². The molecule has 5 heteroatoms. The number of ketones is 1. The first kappa shape index (κ1) is 19.3. The zero-order chi connectivity index (χ0) is 19.9. The van der Waals surface area contributed by atoms with Crippen LogP contribution in [0.1, 0.15) is 31.8 Å². The standard InChI is InChI=1S/C23H19FO4/c1-16-5-4-6-17(13-16)14-27-22-8-3-2-7-20(22)23(26)28-15-21(25)18-9-11-19(24)12-10-18/h2-13H,14-15H2,1H3. The fourth-order valence-corrected chi connectivity index (χ4v) is 2.65. The van der Waals surface area contributed by atoms with E-state index in [4.69, 9.17) is 9.47 Å². The summed E-state index contributed by atoms with van der Waals surface area (Å²) in [6.07, 6.45) is 0. The van der Waals surface area contributed by atoms with Gasteiger partial charge in [0.2, 0.25) is 0 Å². The Morgan fingerprint density at radius 1 is 0.929 bits per heavy atom. The van der Waals surface area contributed by atoms with Crippen molar-refractivity contribution in [3.05, 3.63) is 101 Å². The van der Waals surface area contributed by atoms with Crippen LogP contribution in [0.2, 0.25) is 0 Å². The number of halogens is 1. The van der Waals surface area contributed by atoms with Crippen molar-refractivity contribution >= 4 is 11.8 Å². The Morgan fingerprint density at radius 3 is 2.43 bits per heavy atom. The lowest BCUT2D eigenvalue weighted by atomic mass is 10.1. The Kier molecular flexibility index (Phi) is 6.17. The number of hydrogen-bond acceptors (Lipinski definition) is 4. The summed E-state index contributed by atoms with van der Waals surface area (Å²) in [6, 6.07) is 19.6. The summed E-state index contributed by atoms with van der Waals surface area (Å²) < 4.78 is 23.8. The molecule has 0 fully saturated rings. The minimum atomic E-state index is -0.657.